The summed E-state index contributed by atoms with van der Waals surface area (Å²) in [6.45, 7) is 2.56. The lowest BCUT2D eigenvalue weighted by atomic mass is 10.4. The first-order chi connectivity index (χ1) is 7.29. The number of halogens is 1. The van der Waals surface area contributed by atoms with Crippen molar-refractivity contribution >= 4 is 11.6 Å². The molecule has 0 aromatic carbocycles. The molecular formula is C10H11ClN4. The molecule has 2 heterocycles. The van der Waals surface area contributed by atoms with Crippen LogP contribution in [0.5, 0.6) is 0 Å². The number of alkyl halides is 1. The van der Waals surface area contributed by atoms with E-state index in [-0.39, 0.29) is 0 Å². The fraction of sp³-hybridized carbons (Fsp3) is 0.300. The summed E-state index contributed by atoms with van der Waals surface area (Å²) >= 11 is 5.78. The third-order valence-corrected chi connectivity index (χ3v) is 2.38. The molecule has 15 heavy (non-hydrogen) atoms. The van der Waals surface area contributed by atoms with Gasteiger partial charge in [0.25, 0.3) is 0 Å². The summed E-state index contributed by atoms with van der Waals surface area (Å²) in [4.78, 5) is 12.4. The van der Waals surface area contributed by atoms with Crippen LogP contribution in [0, 0.1) is 6.92 Å². The van der Waals surface area contributed by atoms with Crippen LogP contribution in [0.15, 0.2) is 24.8 Å². The van der Waals surface area contributed by atoms with Crippen molar-refractivity contribution in [2.45, 2.75) is 19.3 Å². The van der Waals surface area contributed by atoms with E-state index in [1.54, 1.807) is 18.7 Å². The van der Waals surface area contributed by atoms with Crippen molar-refractivity contribution in [3.05, 3.63) is 42.0 Å². The molecule has 0 saturated heterocycles. The maximum absolute atomic E-state index is 5.78. The molecule has 0 spiro atoms. The summed E-state index contributed by atoms with van der Waals surface area (Å²) in [7, 11) is 0. The van der Waals surface area contributed by atoms with Crippen molar-refractivity contribution in [1.29, 1.82) is 0 Å². The predicted molar refractivity (Wildman–Crippen MR) is 57.7 cm³/mol. The molecule has 2 aromatic rings. The highest BCUT2D eigenvalue weighted by Crippen LogP contribution is 2.06. The van der Waals surface area contributed by atoms with Gasteiger partial charge in [0.1, 0.15) is 5.82 Å². The van der Waals surface area contributed by atoms with E-state index in [0.717, 1.165) is 17.2 Å². The van der Waals surface area contributed by atoms with E-state index in [0.29, 0.717) is 12.4 Å². The molecule has 0 radical (unpaired) electrons. The average Bonchev–Trinajstić information content (AvgIpc) is 2.65. The summed E-state index contributed by atoms with van der Waals surface area (Å²) in [6.07, 6.45) is 5.28. The lowest BCUT2D eigenvalue weighted by molar-refractivity contribution is 0.736. The number of aryl methyl sites for hydroxylation is 1. The molecular weight excluding hydrogens is 212 g/mol. The van der Waals surface area contributed by atoms with Crippen LogP contribution in [-0.2, 0) is 12.4 Å². The van der Waals surface area contributed by atoms with E-state index in [4.69, 9.17) is 11.6 Å². The molecule has 2 rings (SSSR count). The fourth-order valence-electron chi connectivity index (χ4n) is 1.37. The van der Waals surface area contributed by atoms with Gasteiger partial charge < -0.3 is 4.57 Å². The summed E-state index contributed by atoms with van der Waals surface area (Å²) in [6, 6.07) is 1.89. The van der Waals surface area contributed by atoms with Gasteiger partial charge in [-0.25, -0.2) is 15.0 Å². The largest absolute Gasteiger partial charge is 0.327 e. The highest BCUT2D eigenvalue weighted by molar-refractivity contribution is 6.16. The topological polar surface area (TPSA) is 43.6 Å². The van der Waals surface area contributed by atoms with E-state index in [1.165, 1.54) is 0 Å². The summed E-state index contributed by atoms with van der Waals surface area (Å²) in [5.41, 5.74) is 1.96. The second-order valence-electron chi connectivity index (χ2n) is 3.24. The molecule has 0 atom stereocenters. The molecule has 0 aliphatic rings. The van der Waals surface area contributed by atoms with Crippen LogP contribution in [-0.4, -0.2) is 19.5 Å². The number of aromatic nitrogens is 4. The van der Waals surface area contributed by atoms with Crippen LogP contribution in [0.25, 0.3) is 0 Å². The van der Waals surface area contributed by atoms with Gasteiger partial charge in [-0.3, -0.25) is 0 Å². The molecule has 0 aliphatic carbocycles. The van der Waals surface area contributed by atoms with Gasteiger partial charge in [-0.15, -0.1) is 11.6 Å². The van der Waals surface area contributed by atoms with Gasteiger partial charge in [-0.05, 0) is 13.0 Å². The third kappa shape index (κ3) is 2.33. The molecule has 5 heteroatoms. The summed E-state index contributed by atoms with van der Waals surface area (Å²) < 4.78 is 1.98. The lowest BCUT2D eigenvalue weighted by Crippen LogP contribution is -2.04. The van der Waals surface area contributed by atoms with Crippen molar-refractivity contribution in [3.63, 3.8) is 0 Å². The Kier molecular flexibility index (Phi) is 2.97. The van der Waals surface area contributed by atoms with Crippen LogP contribution in [0.3, 0.4) is 0 Å². The third-order valence-electron chi connectivity index (χ3n) is 2.10. The van der Waals surface area contributed by atoms with Crippen LogP contribution >= 0.6 is 11.6 Å². The Morgan fingerprint density at radius 3 is 3.07 bits per heavy atom. The van der Waals surface area contributed by atoms with E-state index in [9.17, 15) is 0 Å². The van der Waals surface area contributed by atoms with E-state index < -0.39 is 0 Å². The average molecular weight is 223 g/mol. The van der Waals surface area contributed by atoms with Crippen molar-refractivity contribution < 1.29 is 0 Å². The van der Waals surface area contributed by atoms with Crippen LogP contribution < -0.4 is 0 Å². The fourth-order valence-corrected chi connectivity index (χ4v) is 1.59. The maximum atomic E-state index is 5.78. The Morgan fingerprint density at radius 2 is 2.33 bits per heavy atom. The zero-order chi connectivity index (χ0) is 10.7. The minimum absolute atomic E-state index is 0.462. The van der Waals surface area contributed by atoms with Crippen LogP contribution in [0.1, 0.15) is 17.2 Å². The quantitative estimate of drug-likeness (QED) is 0.744. The molecule has 0 amide bonds. The van der Waals surface area contributed by atoms with Crippen molar-refractivity contribution in [3.8, 4) is 0 Å². The highest BCUT2D eigenvalue weighted by Gasteiger charge is 2.02. The number of hydrogen-bond acceptors (Lipinski definition) is 3. The first-order valence-corrected chi connectivity index (χ1v) is 5.16. The minimum Gasteiger partial charge on any atom is -0.327 e. The first kappa shape index (κ1) is 10.1. The van der Waals surface area contributed by atoms with Gasteiger partial charge >= 0.3 is 0 Å². The van der Waals surface area contributed by atoms with Gasteiger partial charge in [0, 0.05) is 12.4 Å². The molecule has 0 fully saturated rings. The SMILES string of the molecule is Cc1nccc(Cn2cncc2CCl)n1. The van der Waals surface area contributed by atoms with Crippen LogP contribution in [0.4, 0.5) is 0 Å². The van der Waals surface area contributed by atoms with Gasteiger partial charge in [0.2, 0.25) is 0 Å². The Labute approximate surface area is 93.0 Å². The monoisotopic (exact) mass is 222 g/mol. The molecule has 4 nitrogen and oxygen atoms in total. The number of nitrogens with zero attached hydrogens (tertiary/aromatic N) is 4. The Hall–Kier alpha value is -1.42. The Balaban J connectivity index is 2.22. The smallest absolute Gasteiger partial charge is 0.125 e. The molecule has 2 aromatic heterocycles. The maximum Gasteiger partial charge on any atom is 0.125 e. The van der Waals surface area contributed by atoms with E-state index >= 15 is 0 Å². The first-order valence-electron chi connectivity index (χ1n) is 4.63. The Bertz CT molecular complexity index is 452. The number of hydrogen-bond donors (Lipinski definition) is 0. The molecule has 0 aliphatic heterocycles. The molecule has 0 bridgehead atoms. The zero-order valence-electron chi connectivity index (χ0n) is 8.39. The molecule has 78 valence electrons. The van der Waals surface area contributed by atoms with Crippen molar-refractivity contribution in [2.75, 3.05) is 0 Å². The highest BCUT2D eigenvalue weighted by atomic mass is 35.5. The second kappa shape index (κ2) is 4.40. The van der Waals surface area contributed by atoms with Gasteiger partial charge in [-0.1, -0.05) is 0 Å². The van der Waals surface area contributed by atoms with Gasteiger partial charge in [-0.2, -0.15) is 0 Å². The standard InChI is InChI=1S/C10H11ClN4/c1-8-13-3-2-9(14-8)6-15-7-12-5-10(15)4-11/h2-3,5,7H,4,6H2,1H3. The molecule has 0 N–H and O–H groups in total. The normalized spacial score (nSPS) is 10.5. The minimum atomic E-state index is 0.462. The van der Waals surface area contributed by atoms with E-state index in [1.807, 2.05) is 17.6 Å². The molecule has 0 unspecified atom stereocenters. The Morgan fingerprint density at radius 1 is 1.47 bits per heavy atom. The van der Waals surface area contributed by atoms with Gasteiger partial charge in [0.05, 0.1) is 30.1 Å². The number of imidazole rings is 1. The van der Waals surface area contributed by atoms with Crippen LogP contribution in [0.2, 0.25) is 0 Å². The van der Waals surface area contributed by atoms with Gasteiger partial charge in [0.15, 0.2) is 0 Å². The van der Waals surface area contributed by atoms with Crippen molar-refractivity contribution in [1.82, 2.24) is 19.5 Å². The second-order valence-corrected chi connectivity index (χ2v) is 3.51. The number of rotatable bonds is 3. The summed E-state index contributed by atoms with van der Waals surface area (Å²) in [5.74, 6) is 1.24. The predicted octanol–water partition coefficient (Wildman–Crippen LogP) is 1.77. The van der Waals surface area contributed by atoms with Crippen molar-refractivity contribution in [2.24, 2.45) is 0 Å². The summed E-state index contributed by atoms with van der Waals surface area (Å²) in [5, 5.41) is 0. The zero-order valence-corrected chi connectivity index (χ0v) is 9.15. The molecule has 0 saturated carbocycles. The lowest BCUT2D eigenvalue weighted by Gasteiger charge is -2.05. The van der Waals surface area contributed by atoms with E-state index in [2.05, 4.69) is 15.0 Å².